The second kappa shape index (κ2) is 6.76. The topological polar surface area (TPSA) is 48.1 Å². The number of carbonyl (C=O) groups excluding carboxylic acids is 1. The normalized spacial score (nSPS) is 22.3. The number of likely N-dealkylation sites (tertiary alicyclic amines) is 1. The zero-order valence-electron chi connectivity index (χ0n) is 15.4. The van der Waals surface area contributed by atoms with E-state index >= 15 is 0 Å². The van der Waals surface area contributed by atoms with E-state index in [1.54, 1.807) is 0 Å². The lowest BCUT2D eigenvalue weighted by molar-refractivity contribution is 0.181. The standard InChI is InChI=1S/C23H25N3O/c27-23(26-12-6-9-17-13-22(17)26)25-14-19(16-7-2-1-3-8-16)20-15-24-21-11-5-4-10-18(20)21/h1-5,7-8,10-11,15,17,19,22,24H,6,9,12-14H2,(H,25,27). The molecule has 0 radical (unpaired) electrons. The number of hydrogen-bond donors (Lipinski definition) is 2. The third-order valence-corrected chi connectivity index (χ3v) is 6.18. The number of fused-ring (bicyclic) bond motifs is 2. The number of aromatic nitrogens is 1. The molecular weight excluding hydrogens is 334 g/mol. The molecule has 2 amide bonds. The van der Waals surface area contributed by atoms with Crippen molar-refractivity contribution in [1.29, 1.82) is 0 Å². The zero-order valence-corrected chi connectivity index (χ0v) is 15.4. The van der Waals surface area contributed by atoms with Gasteiger partial charge in [0.1, 0.15) is 0 Å². The summed E-state index contributed by atoms with van der Waals surface area (Å²) < 4.78 is 0. The number of benzene rings is 2. The number of urea groups is 1. The molecule has 1 saturated heterocycles. The lowest BCUT2D eigenvalue weighted by Crippen LogP contribution is -2.45. The Balaban J connectivity index is 1.40. The molecule has 2 aliphatic rings. The third kappa shape index (κ3) is 3.09. The molecule has 2 heterocycles. The summed E-state index contributed by atoms with van der Waals surface area (Å²) in [4.78, 5) is 18.3. The number of carbonyl (C=O) groups is 1. The number of nitrogens with zero attached hydrogens (tertiary/aromatic N) is 1. The summed E-state index contributed by atoms with van der Waals surface area (Å²) in [6, 6.07) is 19.4. The smallest absolute Gasteiger partial charge is 0.317 e. The highest BCUT2D eigenvalue weighted by atomic mass is 16.2. The molecule has 1 aromatic heterocycles. The fourth-order valence-electron chi connectivity index (χ4n) is 4.63. The number of aromatic amines is 1. The molecule has 2 aromatic carbocycles. The molecule has 138 valence electrons. The first kappa shape index (κ1) is 16.4. The van der Waals surface area contributed by atoms with Gasteiger partial charge in [0.25, 0.3) is 0 Å². The summed E-state index contributed by atoms with van der Waals surface area (Å²) in [5.41, 5.74) is 3.60. The SMILES string of the molecule is O=C(NCC(c1ccccc1)c1c[nH]c2ccccc12)N1CCCC2CC21. The molecule has 5 rings (SSSR count). The van der Waals surface area contributed by atoms with Crippen molar-refractivity contribution in [3.63, 3.8) is 0 Å². The molecule has 1 aliphatic heterocycles. The number of rotatable bonds is 4. The van der Waals surface area contributed by atoms with Gasteiger partial charge in [-0.05, 0) is 42.4 Å². The van der Waals surface area contributed by atoms with E-state index in [9.17, 15) is 4.79 Å². The van der Waals surface area contributed by atoms with Crippen LogP contribution in [0.4, 0.5) is 4.79 Å². The minimum Gasteiger partial charge on any atom is -0.361 e. The fraction of sp³-hybridized carbons (Fsp3) is 0.348. The highest BCUT2D eigenvalue weighted by Gasteiger charge is 2.46. The largest absolute Gasteiger partial charge is 0.361 e. The van der Waals surface area contributed by atoms with Crippen molar-refractivity contribution >= 4 is 16.9 Å². The van der Waals surface area contributed by atoms with Gasteiger partial charge in [-0.1, -0.05) is 48.5 Å². The fourth-order valence-corrected chi connectivity index (χ4v) is 4.63. The molecule has 4 nitrogen and oxygen atoms in total. The number of nitrogens with one attached hydrogen (secondary N) is 2. The van der Waals surface area contributed by atoms with Crippen LogP contribution in [0, 0.1) is 5.92 Å². The highest BCUT2D eigenvalue weighted by molar-refractivity contribution is 5.84. The van der Waals surface area contributed by atoms with Crippen LogP contribution in [0.2, 0.25) is 0 Å². The van der Waals surface area contributed by atoms with Crippen LogP contribution in [0.25, 0.3) is 10.9 Å². The molecule has 1 aliphatic carbocycles. The van der Waals surface area contributed by atoms with E-state index in [1.165, 1.54) is 29.4 Å². The maximum absolute atomic E-state index is 12.8. The van der Waals surface area contributed by atoms with Gasteiger partial charge in [-0.15, -0.1) is 0 Å². The van der Waals surface area contributed by atoms with Gasteiger partial charge >= 0.3 is 6.03 Å². The van der Waals surface area contributed by atoms with Gasteiger partial charge in [0.05, 0.1) is 0 Å². The molecule has 27 heavy (non-hydrogen) atoms. The van der Waals surface area contributed by atoms with Crippen molar-refractivity contribution in [3.05, 3.63) is 71.9 Å². The molecule has 0 bridgehead atoms. The summed E-state index contributed by atoms with van der Waals surface area (Å²) >= 11 is 0. The number of piperidine rings is 1. The maximum atomic E-state index is 12.8. The molecule has 2 fully saturated rings. The second-order valence-electron chi connectivity index (χ2n) is 7.84. The Kier molecular flexibility index (Phi) is 4.12. The van der Waals surface area contributed by atoms with E-state index in [-0.39, 0.29) is 11.9 Å². The Morgan fingerprint density at radius 1 is 1.15 bits per heavy atom. The molecule has 4 heteroatoms. The van der Waals surface area contributed by atoms with Gasteiger partial charge in [0.15, 0.2) is 0 Å². The Bertz CT molecular complexity index is 948. The van der Waals surface area contributed by atoms with Crippen LogP contribution in [-0.4, -0.2) is 35.0 Å². The minimum atomic E-state index is 0.1000. The van der Waals surface area contributed by atoms with Gasteiger partial charge in [-0.3, -0.25) is 0 Å². The van der Waals surface area contributed by atoms with Crippen LogP contribution in [0.3, 0.4) is 0 Å². The van der Waals surface area contributed by atoms with Gasteiger partial charge in [0.2, 0.25) is 0 Å². The number of H-pyrrole nitrogens is 1. The number of para-hydroxylation sites is 1. The summed E-state index contributed by atoms with van der Waals surface area (Å²) in [5, 5.41) is 4.46. The first-order valence-corrected chi connectivity index (χ1v) is 9.96. The summed E-state index contributed by atoms with van der Waals surface area (Å²) in [7, 11) is 0. The quantitative estimate of drug-likeness (QED) is 0.708. The van der Waals surface area contributed by atoms with Crippen molar-refractivity contribution < 1.29 is 4.79 Å². The lowest BCUT2D eigenvalue weighted by atomic mass is 9.91. The average Bonchev–Trinajstić information content (AvgIpc) is 3.40. The van der Waals surface area contributed by atoms with Crippen molar-refractivity contribution in [3.8, 4) is 0 Å². The molecule has 3 aromatic rings. The lowest BCUT2D eigenvalue weighted by Gasteiger charge is -2.28. The van der Waals surface area contributed by atoms with Crippen molar-refractivity contribution in [2.45, 2.75) is 31.2 Å². The summed E-state index contributed by atoms with van der Waals surface area (Å²) in [6.07, 6.45) is 5.71. The highest BCUT2D eigenvalue weighted by Crippen LogP contribution is 2.43. The second-order valence-corrected chi connectivity index (χ2v) is 7.84. The Morgan fingerprint density at radius 2 is 1.96 bits per heavy atom. The van der Waals surface area contributed by atoms with E-state index in [0.717, 1.165) is 24.4 Å². The van der Waals surface area contributed by atoms with Crippen LogP contribution >= 0.6 is 0 Å². The molecule has 2 N–H and O–H groups in total. The average molecular weight is 359 g/mol. The Morgan fingerprint density at radius 3 is 2.85 bits per heavy atom. The molecule has 0 spiro atoms. The van der Waals surface area contributed by atoms with Crippen LogP contribution in [0.15, 0.2) is 60.8 Å². The summed E-state index contributed by atoms with van der Waals surface area (Å²) in [5.74, 6) is 0.883. The van der Waals surface area contributed by atoms with Gasteiger partial charge in [-0.25, -0.2) is 4.79 Å². The van der Waals surface area contributed by atoms with Crippen LogP contribution in [0.5, 0.6) is 0 Å². The van der Waals surface area contributed by atoms with E-state index in [2.05, 4.69) is 63.9 Å². The Hall–Kier alpha value is -2.75. The van der Waals surface area contributed by atoms with Crippen LogP contribution in [0.1, 0.15) is 36.3 Å². The van der Waals surface area contributed by atoms with E-state index in [0.29, 0.717) is 12.6 Å². The third-order valence-electron chi connectivity index (χ3n) is 6.18. The zero-order chi connectivity index (χ0) is 18.2. The predicted molar refractivity (Wildman–Crippen MR) is 108 cm³/mol. The monoisotopic (exact) mass is 359 g/mol. The van der Waals surface area contributed by atoms with Gasteiger partial charge in [-0.2, -0.15) is 0 Å². The van der Waals surface area contributed by atoms with Crippen LogP contribution < -0.4 is 5.32 Å². The number of hydrogen-bond acceptors (Lipinski definition) is 1. The van der Waals surface area contributed by atoms with Gasteiger partial charge in [0, 0.05) is 42.1 Å². The van der Waals surface area contributed by atoms with Crippen LogP contribution in [-0.2, 0) is 0 Å². The van der Waals surface area contributed by atoms with E-state index in [4.69, 9.17) is 0 Å². The first-order valence-electron chi connectivity index (χ1n) is 9.96. The summed E-state index contributed by atoms with van der Waals surface area (Å²) in [6.45, 7) is 1.51. The molecular formula is C23H25N3O. The first-order chi connectivity index (χ1) is 13.3. The van der Waals surface area contributed by atoms with E-state index < -0.39 is 0 Å². The number of amides is 2. The molecule has 1 saturated carbocycles. The maximum Gasteiger partial charge on any atom is 0.317 e. The van der Waals surface area contributed by atoms with Gasteiger partial charge < -0.3 is 15.2 Å². The molecule has 3 unspecified atom stereocenters. The van der Waals surface area contributed by atoms with Crippen molar-refractivity contribution in [2.75, 3.05) is 13.1 Å². The molecule has 3 atom stereocenters. The van der Waals surface area contributed by atoms with E-state index in [1.807, 2.05) is 12.1 Å². The minimum absolute atomic E-state index is 0.1000. The Labute approximate surface area is 159 Å². The van der Waals surface area contributed by atoms with Crippen molar-refractivity contribution in [2.24, 2.45) is 5.92 Å². The van der Waals surface area contributed by atoms with Crippen molar-refractivity contribution in [1.82, 2.24) is 15.2 Å². The predicted octanol–water partition coefficient (Wildman–Crippen LogP) is 4.49.